The zero-order valence-electron chi connectivity index (χ0n) is 7.57. The molecular formula is C10H6ClNO3. The molecule has 0 unspecified atom stereocenters. The monoisotopic (exact) mass is 223 g/mol. The van der Waals surface area contributed by atoms with Crippen LogP contribution in [-0.2, 0) is 14.3 Å². The highest BCUT2D eigenvalue weighted by atomic mass is 35.5. The molecular weight excluding hydrogens is 218 g/mol. The van der Waals surface area contributed by atoms with Gasteiger partial charge in [-0.1, -0.05) is 11.6 Å². The summed E-state index contributed by atoms with van der Waals surface area (Å²) in [5.74, 6) is -1.04. The predicted octanol–water partition coefficient (Wildman–Crippen LogP) is 1.56. The third kappa shape index (κ3) is 2.22. The van der Waals surface area contributed by atoms with Gasteiger partial charge in [0.25, 0.3) is 5.91 Å². The number of halogens is 1. The average molecular weight is 224 g/mol. The molecule has 1 aliphatic rings. The number of rotatable bonds is 1. The van der Waals surface area contributed by atoms with E-state index < -0.39 is 11.9 Å². The summed E-state index contributed by atoms with van der Waals surface area (Å²) in [7, 11) is 0. The fourth-order valence-electron chi connectivity index (χ4n) is 1.16. The minimum Gasteiger partial charge on any atom is -0.406 e. The van der Waals surface area contributed by atoms with Gasteiger partial charge in [0.05, 0.1) is 0 Å². The lowest BCUT2D eigenvalue weighted by atomic mass is 10.2. The van der Waals surface area contributed by atoms with Gasteiger partial charge in [0, 0.05) is 10.6 Å². The van der Waals surface area contributed by atoms with E-state index in [1.54, 1.807) is 24.3 Å². The van der Waals surface area contributed by atoms with Gasteiger partial charge in [0.2, 0.25) is 5.90 Å². The summed E-state index contributed by atoms with van der Waals surface area (Å²) in [6.45, 7) is 0. The molecule has 4 nitrogen and oxygen atoms in total. The van der Waals surface area contributed by atoms with Crippen molar-refractivity contribution in [3.8, 4) is 0 Å². The molecule has 15 heavy (non-hydrogen) atoms. The number of cyclic esters (lactones) is 1. The summed E-state index contributed by atoms with van der Waals surface area (Å²) < 4.78 is 4.83. The molecule has 0 spiro atoms. The highest BCUT2D eigenvalue weighted by molar-refractivity contribution is 6.30. The Bertz CT molecular complexity index is 450. The van der Waals surface area contributed by atoms with Gasteiger partial charge in [0.1, 0.15) is 6.42 Å². The first-order valence-corrected chi connectivity index (χ1v) is 4.61. The van der Waals surface area contributed by atoms with E-state index in [9.17, 15) is 9.59 Å². The molecule has 76 valence electrons. The molecule has 1 heterocycles. The topological polar surface area (TPSA) is 55.7 Å². The molecule has 1 aromatic rings. The number of hydrogen-bond acceptors (Lipinski definition) is 3. The largest absolute Gasteiger partial charge is 0.406 e. The number of carbonyl (C=O) groups is 2. The van der Waals surface area contributed by atoms with Crippen LogP contribution >= 0.6 is 11.6 Å². The van der Waals surface area contributed by atoms with Crippen LogP contribution in [0.25, 0.3) is 0 Å². The lowest BCUT2D eigenvalue weighted by Crippen LogP contribution is -2.23. The van der Waals surface area contributed by atoms with E-state index in [1.165, 1.54) is 0 Å². The zero-order valence-corrected chi connectivity index (χ0v) is 8.32. The Hall–Kier alpha value is -1.68. The fraction of sp³-hybridized carbons (Fsp3) is 0.100. The summed E-state index contributed by atoms with van der Waals surface area (Å²) in [5.41, 5.74) is 0.556. The molecule has 1 aliphatic heterocycles. The van der Waals surface area contributed by atoms with Crippen LogP contribution in [0.15, 0.2) is 29.3 Å². The van der Waals surface area contributed by atoms with Crippen molar-refractivity contribution >= 4 is 29.4 Å². The summed E-state index contributed by atoms with van der Waals surface area (Å²) in [4.78, 5) is 25.6. The smallest absolute Gasteiger partial charge is 0.322 e. The fourth-order valence-corrected chi connectivity index (χ4v) is 1.28. The molecule has 0 bridgehead atoms. The minimum absolute atomic E-state index is 0.0351. The number of benzene rings is 1. The van der Waals surface area contributed by atoms with Crippen LogP contribution in [0.1, 0.15) is 12.0 Å². The summed E-state index contributed by atoms with van der Waals surface area (Å²) >= 11 is 5.69. The Labute approximate surface area is 90.5 Å². The third-order valence-corrected chi connectivity index (χ3v) is 2.08. The Balaban J connectivity index is 2.34. The first-order valence-electron chi connectivity index (χ1n) is 4.23. The van der Waals surface area contributed by atoms with E-state index in [4.69, 9.17) is 16.3 Å². The van der Waals surface area contributed by atoms with Crippen molar-refractivity contribution in [1.82, 2.24) is 0 Å². The van der Waals surface area contributed by atoms with Crippen molar-refractivity contribution in [1.29, 1.82) is 0 Å². The Morgan fingerprint density at radius 2 is 1.87 bits per heavy atom. The molecule has 1 aromatic carbocycles. The van der Waals surface area contributed by atoms with E-state index in [0.717, 1.165) is 0 Å². The number of aliphatic imine (C=N–C) groups is 1. The second kappa shape index (κ2) is 3.82. The second-order valence-corrected chi connectivity index (χ2v) is 3.40. The van der Waals surface area contributed by atoms with Gasteiger partial charge in [-0.2, -0.15) is 4.99 Å². The number of carbonyl (C=O) groups excluding carboxylic acids is 2. The van der Waals surface area contributed by atoms with Crippen molar-refractivity contribution in [3.05, 3.63) is 34.9 Å². The third-order valence-electron chi connectivity index (χ3n) is 1.82. The van der Waals surface area contributed by atoms with Crippen molar-refractivity contribution in [2.75, 3.05) is 0 Å². The Morgan fingerprint density at radius 3 is 2.47 bits per heavy atom. The predicted molar refractivity (Wildman–Crippen MR) is 53.7 cm³/mol. The molecule has 0 atom stereocenters. The molecule has 0 saturated heterocycles. The quantitative estimate of drug-likeness (QED) is 0.536. The molecule has 0 fully saturated rings. The molecule has 0 aromatic heterocycles. The van der Waals surface area contributed by atoms with E-state index in [1.807, 2.05) is 0 Å². The molecule has 0 radical (unpaired) electrons. The maximum absolute atomic E-state index is 11.0. The van der Waals surface area contributed by atoms with Crippen molar-refractivity contribution in [2.24, 2.45) is 4.99 Å². The van der Waals surface area contributed by atoms with E-state index >= 15 is 0 Å². The lowest BCUT2D eigenvalue weighted by molar-refractivity contribution is -0.140. The van der Waals surface area contributed by atoms with Crippen LogP contribution in [0.2, 0.25) is 5.02 Å². The van der Waals surface area contributed by atoms with Crippen LogP contribution in [0.4, 0.5) is 0 Å². The van der Waals surface area contributed by atoms with Gasteiger partial charge in [-0.3, -0.25) is 9.59 Å². The van der Waals surface area contributed by atoms with Gasteiger partial charge in [-0.15, -0.1) is 0 Å². The highest BCUT2D eigenvalue weighted by Crippen LogP contribution is 2.13. The van der Waals surface area contributed by atoms with Crippen LogP contribution in [0, 0.1) is 0 Å². The van der Waals surface area contributed by atoms with Gasteiger partial charge >= 0.3 is 5.97 Å². The van der Waals surface area contributed by atoms with Crippen molar-refractivity contribution in [2.45, 2.75) is 6.42 Å². The SMILES string of the molecule is O=C1CC(=O)OC(c2ccc(Cl)cc2)=N1. The first-order chi connectivity index (χ1) is 7.15. The number of esters is 1. The molecule has 5 heteroatoms. The van der Waals surface area contributed by atoms with Gasteiger partial charge < -0.3 is 4.74 Å². The summed E-state index contributed by atoms with van der Waals surface area (Å²) in [5, 5.41) is 0.563. The van der Waals surface area contributed by atoms with E-state index in [0.29, 0.717) is 10.6 Å². The average Bonchev–Trinajstić information content (AvgIpc) is 2.17. The Kier molecular flexibility index (Phi) is 2.51. The zero-order chi connectivity index (χ0) is 10.8. The standard InChI is InChI=1S/C10H6ClNO3/c11-7-3-1-6(2-4-7)10-12-8(13)5-9(14)15-10/h1-4H,5H2. The molecule has 2 rings (SSSR count). The van der Waals surface area contributed by atoms with Crippen LogP contribution in [-0.4, -0.2) is 17.8 Å². The van der Waals surface area contributed by atoms with E-state index in [2.05, 4.69) is 4.99 Å². The molecule has 0 saturated carbocycles. The van der Waals surface area contributed by atoms with Crippen molar-refractivity contribution < 1.29 is 14.3 Å². The maximum Gasteiger partial charge on any atom is 0.322 e. The van der Waals surface area contributed by atoms with Gasteiger partial charge in [-0.05, 0) is 24.3 Å². The maximum atomic E-state index is 11.0. The summed E-state index contributed by atoms with van der Waals surface area (Å²) in [6.07, 6.45) is -0.295. The molecule has 1 amide bonds. The summed E-state index contributed by atoms with van der Waals surface area (Å²) in [6, 6.07) is 6.53. The molecule has 0 aliphatic carbocycles. The lowest BCUT2D eigenvalue weighted by Gasteiger charge is -2.10. The van der Waals surface area contributed by atoms with Gasteiger partial charge in [0.15, 0.2) is 0 Å². The number of hydrogen-bond donors (Lipinski definition) is 0. The van der Waals surface area contributed by atoms with Crippen molar-refractivity contribution in [3.63, 3.8) is 0 Å². The van der Waals surface area contributed by atoms with Gasteiger partial charge in [-0.25, -0.2) is 0 Å². The number of ether oxygens (including phenoxy) is 1. The normalized spacial score (nSPS) is 15.9. The molecule has 0 N–H and O–H groups in total. The minimum atomic E-state index is -0.583. The van der Waals surface area contributed by atoms with Crippen LogP contribution in [0.3, 0.4) is 0 Å². The highest BCUT2D eigenvalue weighted by Gasteiger charge is 2.21. The second-order valence-electron chi connectivity index (χ2n) is 2.97. The first kappa shape index (κ1) is 9.86. The van der Waals surface area contributed by atoms with Crippen LogP contribution in [0.5, 0.6) is 0 Å². The number of amides is 1. The Morgan fingerprint density at radius 1 is 1.20 bits per heavy atom. The number of nitrogens with zero attached hydrogens (tertiary/aromatic N) is 1. The van der Waals surface area contributed by atoms with Crippen LogP contribution < -0.4 is 0 Å². The van der Waals surface area contributed by atoms with E-state index in [-0.39, 0.29) is 12.3 Å².